The highest BCUT2D eigenvalue weighted by Crippen LogP contribution is 2.01. The van der Waals surface area contributed by atoms with Crippen LogP contribution in [-0.2, 0) is 6.42 Å². The van der Waals surface area contributed by atoms with Gasteiger partial charge in [-0.3, -0.25) is 0 Å². The molecule has 0 aromatic heterocycles. The van der Waals surface area contributed by atoms with E-state index < -0.39 is 0 Å². The van der Waals surface area contributed by atoms with Crippen LogP contribution in [0.1, 0.15) is 31.2 Å². The van der Waals surface area contributed by atoms with Crippen molar-refractivity contribution in [3.05, 3.63) is 35.9 Å². The maximum absolute atomic E-state index is 5.44. The van der Waals surface area contributed by atoms with E-state index in [0.29, 0.717) is 0 Å². The van der Waals surface area contributed by atoms with Gasteiger partial charge < -0.3 is 11.1 Å². The second-order valence-electron chi connectivity index (χ2n) is 4.22. The Kier molecular flexibility index (Phi) is 7.60. The van der Waals surface area contributed by atoms with E-state index in [-0.39, 0.29) is 0 Å². The van der Waals surface area contributed by atoms with E-state index in [1.54, 1.807) is 0 Å². The third-order valence-corrected chi connectivity index (χ3v) is 2.95. The fraction of sp³-hybridized carbons (Fsp3) is 0.500. The first-order chi connectivity index (χ1) is 8.33. The molecule has 0 aliphatic rings. The van der Waals surface area contributed by atoms with E-state index in [4.69, 9.17) is 18.0 Å². The SMILES string of the molecule is NCCCCCCNC(=S)Cc1ccccc1. The molecule has 1 rings (SSSR count). The number of hydrogen-bond donors (Lipinski definition) is 2. The van der Waals surface area contributed by atoms with Crippen LogP contribution < -0.4 is 11.1 Å². The van der Waals surface area contributed by atoms with E-state index in [0.717, 1.165) is 30.9 Å². The first kappa shape index (κ1) is 14.1. The zero-order chi connectivity index (χ0) is 12.3. The largest absolute Gasteiger partial charge is 0.379 e. The molecule has 0 aliphatic carbocycles. The monoisotopic (exact) mass is 250 g/mol. The van der Waals surface area contributed by atoms with Gasteiger partial charge in [0.1, 0.15) is 0 Å². The molecule has 0 fully saturated rings. The average molecular weight is 250 g/mol. The zero-order valence-electron chi connectivity index (χ0n) is 10.3. The van der Waals surface area contributed by atoms with Gasteiger partial charge in [-0.1, -0.05) is 55.4 Å². The van der Waals surface area contributed by atoms with Gasteiger partial charge in [-0.2, -0.15) is 0 Å². The number of nitrogens with one attached hydrogen (secondary N) is 1. The summed E-state index contributed by atoms with van der Waals surface area (Å²) in [6.45, 7) is 1.79. The normalized spacial score (nSPS) is 10.2. The fourth-order valence-corrected chi connectivity index (χ4v) is 1.96. The molecule has 3 N–H and O–H groups in total. The molecule has 3 heteroatoms. The first-order valence-electron chi connectivity index (χ1n) is 6.33. The summed E-state index contributed by atoms with van der Waals surface area (Å²) in [5.41, 5.74) is 6.71. The molecule has 0 atom stereocenters. The molecule has 2 nitrogen and oxygen atoms in total. The summed E-state index contributed by atoms with van der Waals surface area (Å²) in [5.74, 6) is 0. The molecule has 0 unspecified atom stereocenters. The lowest BCUT2D eigenvalue weighted by atomic mass is 10.1. The predicted octanol–water partition coefficient (Wildman–Crippen LogP) is 2.67. The molecule has 1 aromatic carbocycles. The van der Waals surface area contributed by atoms with E-state index >= 15 is 0 Å². The van der Waals surface area contributed by atoms with E-state index in [9.17, 15) is 0 Å². The van der Waals surface area contributed by atoms with Gasteiger partial charge in [0, 0.05) is 13.0 Å². The van der Waals surface area contributed by atoms with Gasteiger partial charge in [0.15, 0.2) is 0 Å². The quantitative estimate of drug-likeness (QED) is 0.550. The Hall–Kier alpha value is -0.930. The highest BCUT2D eigenvalue weighted by Gasteiger charge is 1.97. The number of unbranched alkanes of at least 4 members (excludes halogenated alkanes) is 3. The fourth-order valence-electron chi connectivity index (χ4n) is 1.69. The zero-order valence-corrected chi connectivity index (χ0v) is 11.1. The van der Waals surface area contributed by atoms with Crippen molar-refractivity contribution in [1.29, 1.82) is 0 Å². The van der Waals surface area contributed by atoms with Crippen molar-refractivity contribution >= 4 is 17.2 Å². The minimum atomic E-state index is 0.805. The highest BCUT2D eigenvalue weighted by atomic mass is 32.1. The molecule has 0 radical (unpaired) electrons. The van der Waals surface area contributed by atoms with Crippen LogP contribution in [0.3, 0.4) is 0 Å². The number of rotatable bonds is 8. The molecule has 0 saturated carbocycles. The lowest BCUT2D eigenvalue weighted by Crippen LogP contribution is -2.24. The summed E-state index contributed by atoms with van der Waals surface area (Å²) in [4.78, 5) is 0.940. The van der Waals surface area contributed by atoms with Gasteiger partial charge in [-0.15, -0.1) is 0 Å². The summed E-state index contributed by atoms with van der Waals surface area (Å²) in [6, 6.07) is 10.3. The molecule has 0 heterocycles. The average Bonchev–Trinajstić information content (AvgIpc) is 2.35. The Balaban J connectivity index is 2.06. The lowest BCUT2D eigenvalue weighted by molar-refractivity contribution is 0.637. The summed E-state index contributed by atoms with van der Waals surface area (Å²) in [7, 11) is 0. The van der Waals surface area contributed by atoms with Crippen LogP contribution in [0.15, 0.2) is 30.3 Å². The van der Waals surface area contributed by atoms with Crippen LogP contribution in [0.5, 0.6) is 0 Å². The maximum atomic E-state index is 5.44. The molecule has 0 aliphatic heterocycles. The summed E-state index contributed by atoms with van der Waals surface area (Å²) < 4.78 is 0. The van der Waals surface area contributed by atoms with Crippen molar-refractivity contribution in [3.8, 4) is 0 Å². The van der Waals surface area contributed by atoms with Crippen molar-refractivity contribution in [3.63, 3.8) is 0 Å². The van der Waals surface area contributed by atoms with Crippen LogP contribution in [-0.4, -0.2) is 18.1 Å². The van der Waals surface area contributed by atoms with Gasteiger partial charge in [0.05, 0.1) is 4.99 Å². The van der Waals surface area contributed by atoms with Crippen LogP contribution >= 0.6 is 12.2 Å². The van der Waals surface area contributed by atoms with Gasteiger partial charge in [0.25, 0.3) is 0 Å². The minimum absolute atomic E-state index is 0.805. The van der Waals surface area contributed by atoms with Crippen LogP contribution in [0.2, 0.25) is 0 Å². The van der Waals surface area contributed by atoms with Crippen LogP contribution in [0.4, 0.5) is 0 Å². The Labute approximate surface area is 110 Å². The molecule has 0 amide bonds. The van der Waals surface area contributed by atoms with Crippen LogP contribution in [0.25, 0.3) is 0 Å². The molecular formula is C14H22N2S. The third kappa shape index (κ3) is 7.08. The highest BCUT2D eigenvalue weighted by molar-refractivity contribution is 7.80. The summed E-state index contributed by atoms with van der Waals surface area (Å²) in [5, 5.41) is 3.31. The van der Waals surface area contributed by atoms with Crippen molar-refractivity contribution in [2.75, 3.05) is 13.1 Å². The minimum Gasteiger partial charge on any atom is -0.379 e. The number of hydrogen-bond acceptors (Lipinski definition) is 2. The van der Waals surface area contributed by atoms with Crippen molar-refractivity contribution in [2.24, 2.45) is 5.73 Å². The molecule has 0 spiro atoms. The molecule has 94 valence electrons. The summed E-state index contributed by atoms with van der Waals surface area (Å²) in [6.07, 6.45) is 5.62. The van der Waals surface area contributed by atoms with Gasteiger partial charge in [0.2, 0.25) is 0 Å². The van der Waals surface area contributed by atoms with Crippen molar-refractivity contribution < 1.29 is 0 Å². The van der Waals surface area contributed by atoms with Crippen LogP contribution in [0, 0.1) is 0 Å². The Morgan fingerprint density at radius 3 is 2.47 bits per heavy atom. The van der Waals surface area contributed by atoms with E-state index in [1.165, 1.54) is 24.8 Å². The number of thiocarbonyl (C=S) groups is 1. The molecule has 1 aromatic rings. The number of nitrogens with two attached hydrogens (primary N) is 1. The summed E-state index contributed by atoms with van der Waals surface area (Å²) >= 11 is 5.31. The molecule has 0 bridgehead atoms. The number of benzene rings is 1. The topological polar surface area (TPSA) is 38.0 Å². The second-order valence-corrected chi connectivity index (χ2v) is 4.71. The standard InChI is InChI=1S/C14H22N2S/c15-10-6-1-2-7-11-16-14(17)12-13-8-4-3-5-9-13/h3-5,8-9H,1-2,6-7,10-12,15H2,(H,16,17). The van der Waals surface area contributed by atoms with Gasteiger partial charge >= 0.3 is 0 Å². The Morgan fingerprint density at radius 1 is 1.06 bits per heavy atom. The smallest absolute Gasteiger partial charge is 0.0797 e. The van der Waals surface area contributed by atoms with E-state index in [2.05, 4.69) is 17.4 Å². The molecule has 17 heavy (non-hydrogen) atoms. The Morgan fingerprint density at radius 2 is 1.76 bits per heavy atom. The van der Waals surface area contributed by atoms with E-state index in [1.807, 2.05) is 18.2 Å². The Bertz CT molecular complexity index is 311. The lowest BCUT2D eigenvalue weighted by Gasteiger charge is -2.07. The van der Waals surface area contributed by atoms with Crippen molar-refractivity contribution in [2.45, 2.75) is 32.1 Å². The van der Waals surface area contributed by atoms with Crippen molar-refractivity contribution in [1.82, 2.24) is 5.32 Å². The van der Waals surface area contributed by atoms with Gasteiger partial charge in [-0.05, 0) is 24.9 Å². The second kappa shape index (κ2) is 9.14. The van der Waals surface area contributed by atoms with Gasteiger partial charge in [-0.25, -0.2) is 0 Å². The molecule has 0 saturated heterocycles. The first-order valence-corrected chi connectivity index (χ1v) is 6.74. The third-order valence-electron chi connectivity index (χ3n) is 2.66. The maximum Gasteiger partial charge on any atom is 0.0797 e. The predicted molar refractivity (Wildman–Crippen MR) is 78.3 cm³/mol. The molecular weight excluding hydrogens is 228 g/mol.